The van der Waals surface area contributed by atoms with Gasteiger partial charge in [0, 0.05) is 23.7 Å². The monoisotopic (exact) mass is 284 g/mol. The van der Waals surface area contributed by atoms with Crippen LogP contribution in [0.4, 0.5) is 0 Å². The Morgan fingerprint density at radius 1 is 1.43 bits per heavy atom. The second kappa shape index (κ2) is 8.09. The van der Waals surface area contributed by atoms with Crippen LogP contribution in [0.25, 0.3) is 0 Å². The number of nitrogens with zero attached hydrogens (tertiary/aromatic N) is 2. The van der Waals surface area contributed by atoms with Gasteiger partial charge in [-0.05, 0) is 38.5 Å². The van der Waals surface area contributed by atoms with E-state index in [-0.39, 0.29) is 18.6 Å². The first-order chi connectivity index (χ1) is 10.0. The fourth-order valence-electron chi connectivity index (χ4n) is 1.99. The SMILES string of the molecule is Cc1ccc(C#CCO)cc1C(=O)N(CCC#N)C(C)C. The van der Waals surface area contributed by atoms with Crippen LogP contribution in [0, 0.1) is 30.1 Å². The van der Waals surface area contributed by atoms with E-state index >= 15 is 0 Å². The van der Waals surface area contributed by atoms with E-state index in [0.717, 1.165) is 5.56 Å². The summed E-state index contributed by atoms with van der Waals surface area (Å²) in [6.45, 7) is 5.94. The van der Waals surface area contributed by atoms with E-state index in [4.69, 9.17) is 10.4 Å². The van der Waals surface area contributed by atoms with Crippen molar-refractivity contribution in [3.8, 4) is 17.9 Å². The number of aliphatic hydroxyl groups excluding tert-OH is 1. The van der Waals surface area contributed by atoms with Gasteiger partial charge in [0.15, 0.2) is 0 Å². The van der Waals surface area contributed by atoms with Gasteiger partial charge >= 0.3 is 0 Å². The van der Waals surface area contributed by atoms with Gasteiger partial charge in [0.2, 0.25) is 0 Å². The molecule has 1 rings (SSSR count). The van der Waals surface area contributed by atoms with E-state index in [9.17, 15) is 4.79 Å². The first-order valence-electron chi connectivity index (χ1n) is 6.89. The number of hydrogen-bond donors (Lipinski definition) is 1. The summed E-state index contributed by atoms with van der Waals surface area (Å²) >= 11 is 0. The molecule has 0 radical (unpaired) electrons. The van der Waals surface area contributed by atoms with Crippen molar-refractivity contribution in [1.82, 2.24) is 4.90 Å². The lowest BCUT2D eigenvalue weighted by molar-refractivity contribution is 0.0709. The third-order valence-electron chi connectivity index (χ3n) is 3.13. The maximum absolute atomic E-state index is 12.7. The number of benzene rings is 1. The molecular formula is C17H20N2O2. The Balaban J connectivity index is 3.12. The maximum Gasteiger partial charge on any atom is 0.254 e. The van der Waals surface area contributed by atoms with Gasteiger partial charge in [-0.25, -0.2) is 0 Å². The van der Waals surface area contributed by atoms with Crippen molar-refractivity contribution in [2.24, 2.45) is 0 Å². The Morgan fingerprint density at radius 2 is 2.14 bits per heavy atom. The van der Waals surface area contributed by atoms with Gasteiger partial charge < -0.3 is 10.0 Å². The molecule has 4 nitrogen and oxygen atoms in total. The Hall–Kier alpha value is -2.30. The Bertz CT molecular complexity index is 603. The first-order valence-corrected chi connectivity index (χ1v) is 6.89. The molecule has 1 N–H and O–H groups in total. The summed E-state index contributed by atoms with van der Waals surface area (Å²) in [6.07, 6.45) is 0.312. The van der Waals surface area contributed by atoms with Gasteiger partial charge in [-0.15, -0.1) is 0 Å². The topological polar surface area (TPSA) is 64.3 Å². The van der Waals surface area contributed by atoms with Crippen molar-refractivity contribution in [2.45, 2.75) is 33.2 Å². The highest BCUT2D eigenvalue weighted by atomic mass is 16.2. The number of aryl methyl sites for hydroxylation is 1. The molecule has 110 valence electrons. The quantitative estimate of drug-likeness (QED) is 0.861. The average Bonchev–Trinajstić information content (AvgIpc) is 2.46. The van der Waals surface area contributed by atoms with Gasteiger partial charge in [0.25, 0.3) is 5.91 Å². The number of rotatable bonds is 4. The minimum atomic E-state index is -0.211. The zero-order chi connectivity index (χ0) is 15.8. The maximum atomic E-state index is 12.7. The van der Waals surface area contributed by atoms with Gasteiger partial charge in [0.05, 0.1) is 12.5 Å². The Kier molecular flexibility index (Phi) is 6.46. The largest absolute Gasteiger partial charge is 0.384 e. The molecule has 0 bridgehead atoms. The summed E-state index contributed by atoms with van der Waals surface area (Å²) in [4.78, 5) is 14.3. The highest BCUT2D eigenvalue weighted by molar-refractivity contribution is 5.96. The number of hydrogen-bond acceptors (Lipinski definition) is 3. The van der Waals surface area contributed by atoms with Crippen LogP contribution in [-0.4, -0.2) is 35.1 Å². The standard InChI is InChI=1S/C17H20N2O2/c1-13(2)19(10-5-9-18)17(21)16-12-15(6-4-11-20)8-7-14(16)3/h7-8,12-13,20H,5,10-11H2,1-3H3. The van der Waals surface area contributed by atoms with Crippen molar-refractivity contribution >= 4 is 5.91 Å². The summed E-state index contributed by atoms with van der Waals surface area (Å²) < 4.78 is 0. The lowest BCUT2D eigenvalue weighted by Gasteiger charge is -2.26. The highest BCUT2D eigenvalue weighted by Gasteiger charge is 2.20. The van der Waals surface area contributed by atoms with Crippen molar-refractivity contribution in [3.05, 3.63) is 34.9 Å². The van der Waals surface area contributed by atoms with E-state index in [1.54, 1.807) is 11.0 Å². The van der Waals surface area contributed by atoms with Crippen molar-refractivity contribution in [2.75, 3.05) is 13.2 Å². The summed E-state index contributed by atoms with van der Waals surface area (Å²) in [5.74, 6) is 5.29. The van der Waals surface area contributed by atoms with E-state index in [0.29, 0.717) is 24.1 Å². The van der Waals surface area contributed by atoms with Crippen molar-refractivity contribution < 1.29 is 9.90 Å². The van der Waals surface area contributed by atoms with Gasteiger partial charge in [-0.3, -0.25) is 4.79 Å². The number of nitriles is 1. The predicted octanol–water partition coefficient (Wildman–Crippen LogP) is 2.10. The van der Waals surface area contributed by atoms with Crippen LogP contribution in [0.5, 0.6) is 0 Å². The zero-order valence-electron chi connectivity index (χ0n) is 12.7. The summed E-state index contributed by atoms with van der Waals surface area (Å²) in [5.41, 5.74) is 2.16. The molecule has 0 spiro atoms. The van der Waals surface area contributed by atoms with Crippen LogP contribution < -0.4 is 0 Å². The summed E-state index contributed by atoms with van der Waals surface area (Å²) in [7, 11) is 0. The molecule has 0 unspecified atom stereocenters. The molecule has 0 saturated carbocycles. The van der Waals surface area contributed by atoms with E-state index in [2.05, 4.69) is 17.9 Å². The molecule has 0 aliphatic rings. The average molecular weight is 284 g/mol. The molecule has 1 amide bonds. The second-order valence-corrected chi connectivity index (χ2v) is 4.99. The molecule has 1 aromatic carbocycles. The van der Waals surface area contributed by atoms with Gasteiger partial charge in [-0.1, -0.05) is 17.9 Å². The normalized spacial score (nSPS) is 9.71. The van der Waals surface area contributed by atoms with Gasteiger partial charge in [-0.2, -0.15) is 5.26 Å². The second-order valence-electron chi connectivity index (χ2n) is 4.99. The van der Waals surface area contributed by atoms with Crippen LogP contribution in [0.15, 0.2) is 18.2 Å². The number of carbonyl (C=O) groups excluding carboxylic acids is 1. The molecule has 0 aromatic heterocycles. The molecule has 0 aliphatic heterocycles. The molecule has 4 heteroatoms. The smallest absolute Gasteiger partial charge is 0.254 e. The summed E-state index contributed by atoms with van der Waals surface area (Å²) in [6, 6.07) is 7.50. The van der Waals surface area contributed by atoms with Crippen LogP contribution in [0.3, 0.4) is 0 Å². The highest BCUT2D eigenvalue weighted by Crippen LogP contribution is 2.15. The molecule has 0 fully saturated rings. The molecule has 21 heavy (non-hydrogen) atoms. The molecule has 0 heterocycles. The van der Waals surface area contributed by atoms with E-state index in [1.807, 2.05) is 32.9 Å². The van der Waals surface area contributed by atoms with Crippen LogP contribution in [0.1, 0.15) is 41.8 Å². The third-order valence-corrected chi connectivity index (χ3v) is 3.13. The molecule has 0 aliphatic carbocycles. The van der Waals surface area contributed by atoms with E-state index in [1.165, 1.54) is 0 Å². The fraction of sp³-hybridized carbons (Fsp3) is 0.412. The fourth-order valence-corrected chi connectivity index (χ4v) is 1.99. The molecule has 0 atom stereocenters. The third kappa shape index (κ3) is 4.63. The Labute approximate surface area is 126 Å². The minimum absolute atomic E-state index is 0.0254. The van der Waals surface area contributed by atoms with Gasteiger partial charge in [0.1, 0.15) is 6.61 Å². The molecule has 0 saturated heterocycles. The molecule has 1 aromatic rings. The number of carbonyl (C=O) groups is 1. The van der Waals surface area contributed by atoms with E-state index < -0.39 is 0 Å². The predicted molar refractivity (Wildman–Crippen MR) is 81.5 cm³/mol. The summed E-state index contributed by atoms with van der Waals surface area (Å²) in [5, 5.41) is 17.5. The van der Waals surface area contributed by atoms with Crippen LogP contribution >= 0.6 is 0 Å². The number of amides is 1. The Morgan fingerprint density at radius 3 is 2.71 bits per heavy atom. The van der Waals surface area contributed by atoms with Crippen molar-refractivity contribution in [3.63, 3.8) is 0 Å². The van der Waals surface area contributed by atoms with Crippen LogP contribution in [0.2, 0.25) is 0 Å². The van der Waals surface area contributed by atoms with Crippen molar-refractivity contribution in [1.29, 1.82) is 5.26 Å². The zero-order valence-corrected chi connectivity index (χ0v) is 12.7. The lowest BCUT2D eigenvalue weighted by atomic mass is 10.0. The minimum Gasteiger partial charge on any atom is -0.384 e. The molecular weight excluding hydrogens is 264 g/mol. The lowest BCUT2D eigenvalue weighted by Crippen LogP contribution is -2.38. The first kappa shape index (κ1) is 16.8. The van der Waals surface area contributed by atoms with Crippen LogP contribution in [-0.2, 0) is 0 Å². The number of aliphatic hydroxyl groups is 1.